The molecule has 2 aromatic carbocycles. The summed E-state index contributed by atoms with van der Waals surface area (Å²) in [5.41, 5.74) is 0.899. The van der Waals surface area contributed by atoms with Crippen molar-refractivity contribution in [2.24, 2.45) is 5.10 Å². The number of hydrogen-bond acceptors (Lipinski definition) is 4. The lowest BCUT2D eigenvalue weighted by Crippen LogP contribution is -2.30. The summed E-state index contributed by atoms with van der Waals surface area (Å²) in [4.78, 5) is 21.0. The maximum Gasteiger partial charge on any atom is 0.416 e. The molecule has 32 heavy (non-hydrogen) atoms. The van der Waals surface area contributed by atoms with Gasteiger partial charge in [0.15, 0.2) is 0 Å². The lowest BCUT2D eigenvalue weighted by Gasteiger charge is -2.15. The molecule has 1 aliphatic heterocycles. The number of urea groups is 1. The summed E-state index contributed by atoms with van der Waals surface area (Å²) in [6.45, 7) is 0.0927. The minimum atomic E-state index is -4.47. The Morgan fingerprint density at radius 1 is 1.03 bits per heavy atom. The molecule has 6 nitrogen and oxygen atoms in total. The number of hydrogen-bond donors (Lipinski definition) is 1. The Kier molecular flexibility index (Phi) is 5.79. The van der Waals surface area contributed by atoms with Gasteiger partial charge in [-0.25, -0.2) is 19.2 Å². The van der Waals surface area contributed by atoms with Gasteiger partial charge in [-0.1, -0.05) is 23.7 Å². The van der Waals surface area contributed by atoms with Crippen molar-refractivity contribution < 1.29 is 22.4 Å². The quantitative estimate of drug-likeness (QED) is 0.534. The van der Waals surface area contributed by atoms with Crippen molar-refractivity contribution in [3.05, 3.63) is 88.7 Å². The molecule has 11 heteroatoms. The van der Waals surface area contributed by atoms with Gasteiger partial charge in [0.1, 0.15) is 11.0 Å². The Bertz CT molecular complexity index is 1150. The molecular weight excluding hydrogens is 450 g/mol. The third-order valence-corrected chi connectivity index (χ3v) is 4.94. The summed E-state index contributed by atoms with van der Waals surface area (Å²) in [5.74, 6) is -0.893. The van der Waals surface area contributed by atoms with E-state index in [9.17, 15) is 22.4 Å². The molecule has 3 aromatic rings. The fraction of sp³-hybridized carbons (Fsp3) is 0.143. The molecule has 0 saturated carbocycles. The van der Waals surface area contributed by atoms with Crippen molar-refractivity contribution >= 4 is 29.0 Å². The fourth-order valence-electron chi connectivity index (χ4n) is 3.17. The second-order valence-electron chi connectivity index (χ2n) is 6.90. The van der Waals surface area contributed by atoms with Crippen LogP contribution in [0.4, 0.5) is 28.0 Å². The van der Waals surface area contributed by atoms with Gasteiger partial charge >= 0.3 is 12.2 Å². The molecule has 0 spiro atoms. The van der Waals surface area contributed by atoms with Gasteiger partial charge in [0.05, 0.1) is 41.8 Å². The zero-order valence-corrected chi connectivity index (χ0v) is 16.9. The van der Waals surface area contributed by atoms with Gasteiger partial charge in [0.25, 0.3) is 0 Å². The Labute approximate surface area is 184 Å². The van der Waals surface area contributed by atoms with Crippen molar-refractivity contribution in [3.63, 3.8) is 0 Å². The molecule has 0 aliphatic carbocycles. The molecule has 1 aliphatic rings. The van der Waals surface area contributed by atoms with E-state index in [0.717, 1.165) is 29.3 Å². The number of anilines is 1. The maximum atomic E-state index is 13.4. The molecule has 1 atom stereocenters. The van der Waals surface area contributed by atoms with E-state index in [2.05, 4.69) is 20.4 Å². The van der Waals surface area contributed by atoms with Gasteiger partial charge < -0.3 is 5.32 Å². The molecule has 164 valence electrons. The number of rotatable bonds is 3. The molecule has 0 fully saturated rings. The Morgan fingerprint density at radius 3 is 2.31 bits per heavy atom. The van der Waals surface area contributed by atoms with E-state index in [1.807, 2.05) is 0 Å². The van der Waals surface area contributed by atoms with Gasteiger partial charge in [-0.3, -0.25) is 4.98 Å². The Balaban J connectivity index is 1.58. The maximum absolute atomic E-state index is 13.4. The molecule has 1 N–H and O–H groups in total. The Hall–Kier alpha value is -3.53. The fourth-order valence-corrected chi connectivity index (χ4v) is 3.27. The monoisotopic (exact) mass is 463 g/mol. The van der Waals surface area contributed by atoms with E-state index < -0.39 is 29.5 Å². The topological polar surface area (TPSA) is 70.5 Å². The number of carbonyl (C=O) groups excluding carboxylic acids is 1. The largest absolute Gasteiger partial charge is 0.416 e. The number of amides is 2. The first-order chi connectivity index (χ1) is 15.2. The van der Waals surface area contributed by atoms with Crippen LogP contribution in [0, 0.1) is 5.82 Å². The molecule has 2 amide bonds. The second-order valence-corrected chi connectivity index (χ2v) is 7.28. The molecule has 0 saturated heterocycles. The van der Waals surface area contributed by atoms with Crippen molar-refractivity contribution in [2.75, 3.05) is 11.9 Å². The van der Waals surface area contributed by atoms with Crippen LogP contribution in [-0.2, 0) is 6.18 Å². The Morgan fingerprint density at radius 2 is 1.72 bits per heavy atom. The average Bonchev–Trinajstić information content (AvgIpc) is 3.20. The summed E-state index contributed by atoms with van der Waals surface area (Å²) >= 11 is 5.81. The first kappa shape index (κ1) is 21.7. The van der Waals surface area contributed by atoms with Crippen LogP contribution in [0.2, 0.25) is 5.15 Å². The average molecular weight is 464 g/mol. The molecule has 4 rings (SSSR count). The summed E-state index contributed by atoms with van der Waals surface area (Å²) in [7, 11) is 0. The summed E-state index contributed by atoms with van der Waals surface area (Å²) in [6, 6.07) is 9.02. The lowest BCUT2D eigenvalue weighted by molar-refractivity contribution is -0.137. The zero-order chi connectivity index (χ0) is 22.9. The molecule has 0 radical (unpaired) electrons. The molecule has 1 unspecified atom stereocenters. The minimum Gasteiger partial charge on any atom is -0.306 e. The molecular formula is C21H14ClF4N5O. The van der Waals surface area contributed by atoms with Crippen LogP contribution in [0.25, 0.3) is 0 Å². The number of halogens is 5. The van der Waals surface area contributed by atoms with Crippen molar-refractivity contribution in [2.45, 2.75) is 12.1 Å². The predicted octanol–water partition coefficient (Wildman–Crippen LogP) is 5.32. The van der Waals surface area contributed by atoms with Crippen LogP contribution in [0.1, 0.15) is 22.7 Å². The van der Waals surface area contributed by atoms with Gasteiger partial charge in [-0.2, -0.15) is 18.3 Å². The predicted molar refractivity (Wildman–Crippen MR) is 110 cm³/mol. The van der Waals surface area contributed by atoms with Gasteiger partial charge in [0, 0.05) is 5.69 Å². The normalized spacial score (nSPS) is 16.1. The number of nitrogens with zero attached hydrogens (tertiary/aromatic N) is 4. The van der Waals surface area contributed by atoms with Crippen LogP contribution in [0.3, 0.4) is 0 Å². The van der Waals surface area contributed by atoms with Crippen LogP contribution in [0.15, 0.2) is 66.0 Å². The van der Waals surface area contributed by atoms with Crippen LogP contribution in [-0.4, -0.2) is 33.3 Å². The summed E-state index contributed by atoms with van der Waals surface area (Å²) in [6.07, 6.45) is -1.65. The number of nitrogens with one attached hydrogen (secondary N) is 1. The number of aromatic nitrogens is 2. The second kappa shape index (κ2) is 8.54. The number of carbonyl (C=O) groups is 1. The number of alkyl halides is 3. The van der Waals surface area contributed by atoms with Crippen molar-refractivity contribution in [1.29, 1.82) is 0 Å². The van der Waals surface area contributed by atoms with Crippen LogP contribution in [0.5, 0.6) is 0 Å². The number of benzene rings is 2. The van der Waals surface area contributed by atoms with Gasteiger partial charge in [-0.15, -0.1) is 0 Å². The highest BCUT2D eigenvalue weighted by Gasteiger charge is 2.34. The molecule has 1 aromatic heterocycles. The first-order valence-electron chi connectivity index (χ1n) is 9.28. The van der Waals surface area contributed by atoms with E-state index in [4.69, 9.17) is 11.6 Å². The third kappa shape index (κ3) is 4.70. The van der Waals surface area contributed by atoms with Crippen molar-refractivity contribution in [3.8, 4) is 0 Å². The summed E-state index contributed by atoms with van der Waals surface area (Å²) in [5, 5.41) is 8.21. The van der Waals surface area contributed by atoms with Gasteiger partial charge in [0.2, 0.25) is 0 Å². The van der Waals surface area contributed by atoms with E-state index in [-0.39, 0.29) is 17.4 Å². The lowest BCUT2D eigenvalue weighted by atomic mass is 9.95. The van der Waals surface area contributed by atoms with Gasteiger partial charge in [-0.05, 0) is 42.0 Å². The molecule has 0 bridgehead atoms. The number of hydrazone groups is 1. The highest BCUT2D eigenvalue weighted by Crippen LogP contribution is 2.31. The first-order valence-corrected chi connectivity index (χ1v) is 9.66. The smallest absolute Gasteiger partial charge is 0.306 e. The highest BCUT2D eigenvalue weighted by atomic mass is 35.5. The SMILES string of the molecule is O=C(Nc1ccc(C(F)(F)F)cc1)N1CC(c2cnc(Cl)cn2)C(c2ccc(F)cc2)=N1. The molecule has 2 heterocycles. The van der Waals surface area contributed by atoms with E-state index in [1.54, 1.807) is 0 Å². The standard InChI is InChI=1S/C21H14ClF4N5O/c22-18-10-27-17(9-28-18)16-11-31(30-19(16)12-1-5-14(23)6-2-12)20(32)29-15-7-3-13(4-8-15)21(24,25)26/h1-10,16H,11H2,(H,29,32). The van der Waals surface area contributed by atoms with E-state index >= 15 is 0 Å². The highest BCUT2D eigenvalue weighted by molar-refractivity contribution is 6.29. The van der Waals surface area contributed by atoms with Crippen LogP contribution >= 0.6 is 11.6 Å². The third-order valence-electron chi connectivity index (χ3n) is 4.75. The van der Waals surface area contributed by atoms with E-state index in [0.29, 0.717) is 17.0 Å². The van der Waals surface area contributed by atoms with E-state index in [1.165, 1.54) is 36.7 Å². The summed E-state index contributed by atoms with van der Waals surface area (Å²) < 4.78 is 51.6. The zero-order valence-electron chi connectivity index (χ0n) is 16.1. The van der Waals surface area contributed by atoms with Crippen molar-refractivity contribution in [1.82, 2.24) is 15.0 Å². The minimum absolute atomic E-state index is 0.0927. The van der Waals surface area contributed by atoms with Crippen LogP contribution < -0.4 is 5.32 Å².